The Labute approximate surface area is 97.1 Å². The van der Waals surface area contributed by atoms with Crippen molar-refractivity contribution in [1.82, 2.24) is 4.57 Å². The summed E-state index contributed by atoms with van der Waals surface area (Å²) in [6.45, 7) is 0.808. The summed E-state index contributed by atoms with van der Waals surface area (Å²) in [6, 6.07) is 11.0. The van der Waals surface area contributed by atoms with Crippen LogP contribution in [0.15, 0.2) is 53.5 Å². The highest BCUT2D eigenvalue weighted by molar-refractivity contribution is 5.33. The highest BCUT2D eigenvalue weighted by Crippen LogP contribution is 2.26. The predicted octanol–water partition coefficient (Wildman–Crippen LogP) is 2.95. The van der Waals surface area contributed by atoms with Gasteiger partial charge in [0.05, 0.1) is 0 Å². The van der Waals surface area contributed by atoms with E-state index < -0.39 is 5.92 Å². The molecule has 0 unspecified atom stereocenters. The average Bonchev–Trinajstić information content (AvgIpc) is 2.29. The molecule has 0 N–H and O–H groups in total. The quantitative estimate of drug-likeness (QED) is 0.784. The van der Waals surface area contributed by atoms with Gasteiger partial charge in [-0.1, -0.05) is 18.2 Å². The van der Waals surface area contributed by atoms with Crippen molar-refractivity contribution in [3.05, 3.63) is 64.6 Å². The molecule has 2 rings (SSSR count). The summed E-state index contributed by atoms with van der Waals surface area (Å²) in [4.78, 5) is 11.6. The number of pyridine rings is 1. The van der Waals surface area contributed by atoms with Crippen LogP contribution in [0.4, 0.5) is 8.78 Å². The lowest BCUT2D eigenvalue weighted by atomic mass is 10.1. The van der Waals surface area contributed by atoms with E-state index in [2.05, 4.69) is 0 Å². The van der Waals surface area contributed by atoms with Crippen LogP contribution >= 0.6 is 0 Å². The van der Waals surface area contributed by atoms with Crippen molar-refractivity contribution in [1.29, 1.82) is 0 Å². The molecular weight excluding hydrogens is 224 g/mol. The number of hydrogen-bond acceptors (Lipinski definition) is 1. The minimum absolute atomic E-state index is 0.180. The summed E-state index contributed by atoms with van der Waals surface area (Å²) >= 11 is 0. The third-order valence-electron chi connectivity index (χ3n) is 2.45. The highest BCUT2D eigenvalue weighted by Gasteiger charge is 2.24. The molecule has 0 saturated carbocycles. The van der Waals surface area contributed by atoms with Crippen molar-refractivity contribution in [2.75, 3.05) is 0 Å². The number of hydrogen-bond donors (Lipinski definition) is 0. The fourth-order valence-electron chi connectivity index (χ4n) is 1.54. The SMILES string of the molecule is CC(F)(F)c1ccc(=O)n(-c2ccccc2)c1. The van der Waals surface area contributed by atoms with Gasteiger partial charge in [0.2, 0.25) is 0 Å². The first kappa shape index (κ1) is 11.5. The zero-order valence-corrected chi connectivity index (χ0v) is 9.23. The van der Waals surface area contributed by atoms with E-state index in [0.717, 1.165) is 19.1 Å². The van der Waals surface area contributed by atoms with Crippen LogP contribution in [0.3, 0.4) is 0 Å². The molecule has 0 aliphatic heterocycles. The van der Waals surface area contributed by atoms with Crippen molar-refractivity contribution >= 4 is 0 Å². The Bertz CT molecular complexity index is 570. The van der Waals surface area contributed by atoms with Crippen LogP contribution in [-0.4, -0.2) is 4.57 Å². The lowest BCUT2D eigenvalue weighted by molar-refractivity contribution is 0.0169. The van der Waals surface area contributed by atoms with E-state index in [9.17, 15) is 13.6 Å². The third-order valence-corrected chi connectivity index (χ3v) is 2.45. The normalized spacial score (nSPS) is 11.5. The molecular formula is C13H11F2NO. The van der Waals surface area contributed by atoms with Crippen LogP contribution in [0.25, 0.3) is 5.69 Å². The Morgan fingerprint density at radius 3 is 2.29 bits per heavy atom. The summed E-state index contributed by atoms with van der Waals surface area (Å²) in [6.07, 6.45) is 1.18. The number of halogens is 2. The molecule has 0 amide bonds. The van der Waals surface area contributed by atoms with Crippen LogP contribution in [-0.2, 0) is 5.92 Å². The topological polar surface area (TPSA) is 22.0 Å². The van der Waals surface area contributed by atoms with E-state index in [4.69, 9.17) is 0 Å². The van der Waals surface area contributed by atoms with Gasteiger partial charge >= 0.3 is 0 Å². The number of aromatic nitrogens is 1. The van der Waals surface area contributed by atoms with E-state index in [1.54, 1.807) is 30.3 Å². The Hall–Kier alpha value is -1.97. The van der Waals surface area contributed by atoms with Gasteiger partial charge in [0, 0.05) is 30.4 Å². The summed E-state index contributed by atoms with van der Waals surface area (Å²) < 4.78 is 27.5. The van der Waals surface area contributed by atoms with Crippen molar-refractivity contribution in [3.63, 3.8) is 0 Å². The monoisotopic (exact) mass is 235 g/mol. The molecule has 0 saturated heterocycles. The zero-order chi connectivity index (χ0) is 12.5. The average molecular weight is 235 g/mol. The molecule has 0 fully saturated rings. The first-order valence-electron chi connectivity index (χ1n) is 5.15. The van der Waals surface area contributed by atoms with Crippen LogP contribution in [0, 0.1) is 0 Å². The molecule has 2 aromatic rings. The molecule has 0 atom stereocenters. The summed E-state index contributed by atoms with van der Waals surface area (Å²) in [5.41, 5.74) is 0.0637. The highest BCUT2D eigenvalue weighted by atomic mass is 19.3. The van der Waals surface area contributed by atoms with Gasteiger partial charge in [-0.2, -0.15) is 0 Å². The standard InChI is InChI=1S/C13H11F2NO/c1-13(14,15)10-7-8-12(17)16(9-10)11-5-3-2-4-6-11/h2-9H,1H3. The van der Waals surface area contributed by atoms with Gasteiger partial charge in [-0.25, -0.2) is 8.78 Å². The zero-order valence-electron chi connectivity index (χ0n) is 9.23. The molecule has 1 heterocycles. The number of rotatable bonds is 2. The smallest absolute Gasteiger partial charge is 0.271 e. The van der Waals surface area contributed by atoms with Gasteiger partial charge in [0.1, 0.15) is 0 Å². The maximum absolute atomic E-state index is 13.2. The Morgan fingerprint density at radius 1 is 1.06 bits per heavy atom. The van der Waals surface area contributed by atoms with E-state index in [0.29, 0.717) is 5.69 Å². The first-order chi connectivity index (χ1) is 7.98. The van der Waals surface area contributed by atoms with Gasteiger partial charge in [0.25, 0.3) is 11.5 Å². The van der Waals surface area contributed by atoms with E-state index in [-0.39, 0.29) is 11.1 Å². The second kappa shape index (κ2) is 4.13. The van der Waals surface area contributed by atoms with Gasteiger partial charge < -0.3 is 0 Å². The van der Waals surface area contributed by atoms with Gasteiger partial charge in [-0.05, 0) is 18.2 Å². The summed E-state index contributed by atoms with van der Waals surface area (Å²) in [7, 11) is 0. The Kier molecular flexibility index (Phi) is 2.79. The van der Waals surface area contributed by atoms with E-state index in [1.165, 1.54) is 10.8 Å². The summed E-state index contributed by atoms with van der Waals surface area (Å²) in [5, 5.41) is 0. The van der Waals surface area contributed by atoms with Gasteiger partial charge in [-0.3, -0.25) is 9.36 Å². The van der Waals surface area contributed by atoms with Gasteiger partial charge in [0.15, 0.2) is 0 Å². The van der Waals surface area contributed by atoms with Crippen molar-refractivity contribution in [2.24, 2.45) is 0 Å². The number of alkyl halides is 2. The molecule has 0 aliphatic rings. The molecule has 17 heavy (non-hydrogen) atoms. The second-order valence-electron chi connectivity index (χ2n) is 3.85. The van der Waals surface area contributed by atoms with Crippen LogP contribution in [0.2, 0.25) is 0 Å². The molecule has 4 heteroatoms. The minimum atomic E-state index is -2.95. The lowest BCUT2D eigenvalue weighted by Crippen LogP contribution is -2.20. The fourth-order valence-corrected chi connectivity index (χ4v) is 1.54. The van der Waals surface area contributed by atoms with Crippen LogP contribution in [0.1, 0.15) is 12.5 Å². The van der Waals surface area contributed by atoms with Gasteiger partial charge in [-0.15, -0.1) is 0 Å². The molecule has 0 aliphatic carbocycles. The van der Waals surface area contributed by atoms with Crippen LogP contribution in [0.5, 0.6) is 0 Å². The number of benzene rings is 1. The molecule has 88 valence electrons. The van der Waals surface area contributed by atoms with Crippen LogP contribution < -0.4 is 5.56 Å². The Morgan fingerprint density at radius 2 is 1.71 bits per heavy atom. The predicted molar refractivity (Wildman–Crippen MR) is 61.6 cm³/mol. The number of nitrogens with zero attached hydrogens (tertiary/aromatic N) is 1. The molecule has 1 aromatic heterocycles. The molecule has 0 radical (unpaired) electrons. The third kappa shape index (κ3) is 2.41. The minimum Gasteiger partial charge on any atom is -0.284 e. The molecule has 2 nitrogen and oxygen atoms in total. The van der Waals surface area contributed by atoms with Crippen molar-refractivity contribution in [3.8, 4) is 5.69 Å². The maximum atomic E-state index is 13.2. The number of para-hydroxylation sites is 1. The van der Waals surface area contributed by atoms with Crippen molar-refractivity contribution in [2.45, 2.75) is 12.8 Å². The fraction of sp³-hybridized carbons (Fsp3) is 0.154. The van der Waals surface area contributed by atoms with Crippen molar-refractivity contribution < 1.29 is 8.78 Å². The molecule has 0 spiro atoms. The maximum Gasteiger partial charge on any atom is 0.271 e. The largest absolute Gasteiger partial charge is 0.284 e. The Balaban J connectivity index is 2.59. The summed E-state index contributed by atoms with van der Waals surface area (Å²) in [5.74, 6) is -2.95. The lowest BCUT2D eigenvalue weighted by Gasteiger charge is -2.13. The van der Waals surface area contributed by atoms with E-state index in [1.807, 2.05) is 0 Å². The molecule has 1 aromatic carbocycles. The molecule has 0 bridgehead atoms. The van der Waals surface area contributed by atoms with E-state index >= 15 is 0 Å². The first-order valence-corrected chi connectivity index (χ1v) is 5.15. The second-order valence-corrected chi connectivity index (χ2v) is 3.85.